The minimum absolute atomic E-state index is 0.0181. The van der Waals surface area contributed by atoms with Crippen LogP contribution >= 0.6 is 22.6 Å². The van der Waals surface area contributed by atoms with Crippen molar-refractivity contribution in [1.82, 2.24) is 5.32 Å². The lowest BCUT2D eigenvalue weighted by Crippen LogP contribution is -2.27. The Morgan fingerprint density at radius 2 is 2.19 bits per heavy atom. The van der Waals surface area contributed by atoms with Gasteiger partial charge in [0.2, 0.25) is 0 Å². The summed E-state index contributed by atoms with van der Waals surface area (Å²) >= 11 is 2.19. The molecule has 0 bridgehead atoms. The summed E-state index contributed by atoms with van der Waals surface area (Å²) in [6.07, 6.45) is 1.12. The van der Waals surface area contributed by atoms with E-state index < -0.39 is 11.9 Å². The first kappa shape index (κ1) is 17.0. The van der Waals surface area contributed by atoms with Gasteiger partial charge < -0.3 is 15.7 Å². The summed E-state index contributed by atoms with van der Waals surface area (Å²) in [7, 11) is 0. The van der Waals surface area contributed by atoms with Gasteiger partial charge in [0.05, 0.1) is 6.42 Å². The van der Waals surface area contributed by atoms with Gasteiger partial charge in [-0.25, -0.2) is 0 Å². The standard InChI is InChI=1S/C14H14IN3O3/c1-9-6-11(15)2-3-12(9)18-8-10(7-16)14(21)17-5-4-13(19)20/h2-3,6,8,18H,4-5H2,1H3,(H,17,21)(H,19,20)/b10-8-. The van der Waals surface area contributed by atoms with Crippen LogP contribution in [0.15, 0.2) is 30.0 Å². The van der Waals surface area contributed by atoms with E-state index in [2.05, 4.69) is 33.2 Å². The SMILES string of the molecule is Cc1cc(I)ccc1N/C=C(/C#N)C(=O)NCCC(=O)O. The Morgan fingerprint density at radius 3 is 2.76 bits per heavy atom. The number of hydrogen-bond acceptors (Lipinski definition) is 4. The maximum Gasteiger partial charge on any atom is 0.305 e. The second kappa shape index (κ2) is 8.26. The highest BCUT2D eigenvalue weighted by Gasteiger charge is 2.09. The fourth-order valence-electron chi connectivity index (χ4n) is 1.47. The Labute approximate surface area is 136 Å². The summed E-state index contributed by atoms with van der Waals surface area (Å²) in [5.74, 6) is -1.61. The topological polar surface area (TPSA) is 102 Å². The van der Waals surface area contributed by atoms with Crippen molar-refractivity contribution in [3.05, 3.63) is 39.1 Å². The second-order valence-electron chi connectivity index (χ2n) is 4.17. The molecule has 1 aromatic carbocycles. The van der Waals surface area contributed by atoms with Crippen LogP contribution in [0.2, 0.25) is 0 Å². The fourth-order valence-corrected chi connectivity index (χ4v) is 2.11. The van der Waals surface area contributed by atoms with E-state index in [0.29, 0.717) is 0 Å². The molecule has 1 aromatic rings. The molecule has 0 aliphatic heterocycles. The molecule has 0 unspecified atom stereocenters. The molecule has 6 nitrogen and oxygen atoms in total. The molecule has 0 radical (unpaired) electrons. The molecule has 0 saturated heterocycles. The Hall–Kier alpha value is -2.08. The monoisotopic (exact) mass is 399 g/mol. The van der Waals surface area contributed by atoms with Gasteiger partial charge >= 0.3 is 5.97 Å². The van der Waals surface area contributed by atoms with Gasteiger partial charge in [0.1, 0.15) is 11.6 Å². The number of aryl methyl sites for hydroxylation is 1. The summed E-state index contributed by atoms with van der Waals surface area (Å²) in [6, 6.07) is 7.50. The number of nitrogens with zero attached hydrogens (tertiary/aromatic N) is 1. The molecule has 0 fully saturated rings. The molecule has 0 saturated carbocycles. The van der Waals surface area contributed by atoms with Gasteiger partial charge in [-0.1, -0.05) is 0 Å². The molecule has 0 atom stereocenters. The molecule has 0 aliphatic rings. The van der Waals surface area contributed by atoms with E-state index in [1.807, 2.05) is 25.1 Å². The van der Waals surface area contributed by atoms with Crippen LogP contribution in [0.1, 0.15) is 12.0 Å². The average Bonchev–Trinajstić information content (AvgIpc) is 2.41. The number of amides is 1. The normalized spacial score (nSPS) is 10.6. The van der Waals surface area contributed by atoms with Crippen LogP contribution in [-0.2, 0) is 9.59 Å². The molecule has 21 heavy (non-hydrogen) atoms. The molecular weight excluding hydrogens is 385 g/mol. The number of halogens is 1. The summed E-state index contributed by atoms with van der Waals surface area (Å²) in [6.45, 7) is 1.90. The van der Waals surface area contributed by atoms with E-state index >= 15 is 0 Å². The Bertz CT molecular complexity index is 620. The maximum absolute atomic E-state index is 11.7. The van der Waals surface area contributed by atoms with Crippen LogP contribution in [0.3, 0.4) is 0 Å². The zero-order valence-corrected chi connectivity index (χ0v) is 13.5. The molecule has 0 aliphatic carbocycles. The van der Waals surface area contributed by atoms with Gasteiger partial charge in [-0.15, -0.1) is 0 Å². The Kier molecular flexibility index (Phi) is 6.68. The molecule has 0 aromatic heterocycles. The van der Waals surface area contributed by atoms with Gasteiger partial charge in [0, 0.05) is 22.0 Å². The number of aliphatic carboxylic acids is 1. The van der Waals surface area contributed by atoms with Crippen molar-refractivity contribution in [2.24, 2.45) is 0 Å². The number of hydrogen-bond donors (Lipinski definition) is 3. The third-order valence-corrected chi connectivity index (χ3v) is 3.22. The van der Waals surface area contributed by atoms with Crippen molar-refractivity contribution in [2.75, 3.05) is 11.9 Å². The second-order valence-corrected chi connectivity index (χ2v) is 5.42. The van der Waals surface area contributed by atoms with Crippen LogP contribution < -0.4 is 10.6 Å². The summed E-state index contributed by atoms with van der Waals surface area (Å²) in [5, 5.41) is 22.7. The Morgan fingerprint density at radius 1 is 1.48 bits per heavy atom. The highest BCUT2D eigenvalue weighted by atomic mass is 127. The quantitative estimate of drug-likeness (QED) is 0.386. The van der Waals surface area contributed by atoms with Crippen LogP contribution in [0.4, 0.5) is 5.69 Å². The molecule has 1 amide bonds. The number of rotatable bonds is 6. The van der Waals surface area contributed by atoms with Gasteiger partial charge in [-0.2, -0.15) is 5.26 Å². The number of carboxylic acid groups (broad SMARTS) is 1. The maximum atomic E-state index is 11.7. The zero-order chi connectivity index (χ0) is 15.8. The number of carboxylic acids is 1. The van der Waals surface area contributed by atoms with E-state index in [9.17, 15) is 9.59 Å². The lowest BCUT2D eigenvalue weighted by molar-refractivity contribution is -0.136. The van der Waals surface area contributed by atoms with Crippen molar-refractivity contribution in [3.63, 3.8) is 0 Å². The van der Waals surface area contributed by atoms with Crippen molar-refractivity contribution in [1.29, 1.82) is 5.26 Å². The first-order chi connectivity index (χ1) is 9.93. The number of carbonyl (C=O) groups excluding carboxylic acids is 1. The van der Waals surface area contributed by atoms with Crippen LogP contribution in [0, 0.1) is 21.8 Å². The van der Waals surface area contributed by atoms with Gasteiger partial charge in [-0.3, -0.25) is 9.59 Å². The molecule has 7 heteroatoms. The van der Waals surface area contributed by atoms with E-state index in [1.165, 1.54) is 6.20 Å². The highest BCUT2D eigenvalue weighted by Crippen LogP contribution is 2.17. The first-order valence-electron chi connectivity index (χ1n) is 6.07. The van der Waals surface area contributed by atoms with Crippen LogP contribution in [-0.4, -0.2) is 23.5 Å². The van der Waals surface area contributed by atoms with Gasteiger partial charge in [0.25, 0.3) is 5.91 Å². The number of nitrogens with one attached hydrogen (secondary N) is 2. The van der Waals surface area contributed by atoms with Gasteiger partial charge in [-0.05, 0) is 53.3 Å². The van der Waals surface area contributed by atoms with Crippen molar-refractivity contribution in [2.45, 2.75) is 13.3 Å². The molecule has 0 heterocycles. The number of anilines is 1. The molecule has 1 rings (SSSR count). The van der Waals surface area contributed by atoms with E-state index in [1.54, 1.807) is 6.07 Å². The number of benzene rings is 1. The third-order valence-electron chi connectivity index (χ3n) is 2.55. The first-order valence-corrected chi connectivity index (χ1v) is 7.15. The van der Waals surface area contributed by atoms with Crippen LogP contribution in [0.5, 0.6) is 0 Å². The van der Waals surface area contributed by atoms with E-state index in [-0.39, 0.29) is 18.5 Å². The summed E-state index contributed by atoms with van der Waals surface area (Å²) in [5.41, 5.74) is 1.67. The predicted molar refractivity (Wildman–Crippen MR) is 86.5 cm³/mol. The minimum Gasteiger partial charge on any atom is -0.481 e. The van der Waals surface area contributed by atoms with Crippen molar-refractivity contribution < 1.29 is 14.7 Å². The fraction of sp³-hybridized carbons (Fsp3) is 0.214. The number of nitriles is 1. The third kappa shape index (κ3) is 5.83. The van der Waals surface area contributed by atoms with Crippen molar-refractivity contribution in [3.8, 4) is 6.07 Å². The average molecular weight is 399 g/mol. The molecule has 110 valence electrons. The highest BCUT2D eigenvalue weighted by molar-refractivity contribution is 14.1. The molecule has 3 N–H and O–H groups in total. The van der Waals surface area contributed by atoms with Gasteiger partial charge in [0.15, 0.2) is 0 Å². The lowest BCUT2D eigenvalue weighted by Gasteiger charge is -2.07. The molecular formula is C14H14IN3O3. The van der Waals surface area contributed by atoms with E-state index in [4.69, 9.17) is 10.4 Å². The zero-order valence-electron chi connectivity index (χ0n) is 11.3. The smallest absolute Gasteiger partial charge is 0.305 e. The minimum atomic E-state index is -1.01. The summed E-state index contributed by atoms with van der Waals surface area (Å²) < 4.78 is 1.09. The summed E-state index contributed by atoms with van der Waals surface area (Å²) in [4.78, 5) is 22.0. The Balaban J connectivity index is 2.69. The largest absolute Gasteiger partial charge is 0.481 e. The van der Waals surface area contributed by atoms with Crippen molar-refractivity contribution >= 4 is 40.2 Å². The molecule has 0 spiro atoms. The predicted octanol–water partition coefficient (Wildman–Crippen LogP) is 2.01. The van der Waals surface area contributed by atoms with Crippen LogP contribution in [0.25, 0.3) is 0 Å². The number of carbonyl (C=O) groups is 2. The lowest BCUT2D eigenvalue weighted by atomic mass is 10.2. The van der Waals surface area contributed by atoms with E-state index in [0.717, 1.165) is 14.8 Å².